The van der Waals surface area contributed by atoms with Crippen molar-refractivity contribution in [2.75, 3.05) is 50.1 Å². The molecule has 10 heteroatoms. The minimum atomic E-state index is -4.51. The molecule has 1 aliphatic rings. The molecule has 0 amide bonds. The molecule has 0 radical (unpaired) electrons. The maximum absolute atomic E-state index is 13.5. The number of piperazine rings is 1. The fraction of sp³-hybridized carbons (Fsp3) is 0.320. The zero-order valence-corrected chi connectivity index (χ0v) is 19.5. The Morgan fingerprint density at radius 3 is 2.54 bits per heavy atom. The summed E-state index contributed by atoms with van der Waals surface area (Å²) in [6, 6.07) is 13.8. The maximum Gasteiger partial charge on any atom is 0.418 e. The number of rotatable bonds is 5. The van der Waals surface area contributed by atoms with E-state index in [2.05, 4.69) is 44.1 Å². The fourth-order valence-corrected chi connectivity index (χ4v) is 4.40. The lowest BCUT2D eigenvalue weighted by atomic mass is 10.0. The third kappa shape index (κ3) is 4.66. The first-order valence-corrected chi connectivity index (χ1v) is 11.3. The first-order chi connectivity index (χ1) is 16.8. The Bertz CT molecular complexity index is 1330. The number of para-hydroxylation sites is 2. The van der Waals surface area contributed by atoms with E-state index in [4.69, 9.17) is 4.52 Å². The van der Waals surface area contributed by atoms with Crippen LogP contribution in [0.25, 0.3) is 22.4 Å². The van der Waals surface area contributed by atoms with Gasteiger partial charge in [0.15, 0.2) is 0 Å². The molecule has 182 valence electrons. The van der Waals surface area contributed by atoms with Crippen LogP contribution < -0.4 is 9.80 Å². The van der Waals surface area contributed by atoms with Crippen molar-refractivity contribution < 1.29 is 17.7 Å². The van der Waals surface area contributed by atoms with E-state index < -0.39 is 11.7 Å². The van der Waals surface area contributed by atoms with Crippen LogP contribution >= 0.6 is 0 Å². The van der Waals surface area contributed by atoms with Gasteiger partial charge in [-0.05, 0) is 36.0 Å². The molecule has 0 atom stereocenters. The molecular formula is C25H25F3N6O. The summed E-state index contributed by atoms with van der Waals surface area (Å²) in [6.07, 6.45) is -3.19. The summed E-state index contributed by atoms with van der Waals surface area (Å²) < 4.78 is 45.8. The second-order valence-electron chi connectivity index (χ2n) is 8.73. The van der Waals surface area contributed by atoms with Crippen molar-refractivity contribution in [1.82, 2.24) is 20.0 Å². The lowest BCUT2D eigenvalue weighted by Crippen LogP contribution is -2.45. The highest BCUT2D eigenvalue weighted by molar-refractivity contribution is 5.94. The van der Waals surface area contributed by atoms with E-state index in [0.29, 0.717) is 23.4 Å². The lowest BCUT2D eigenvalue weighted by Gasteiger charge is -2.35. The quantitative estimate of drug-likeness (QED) is 0.409. The number of benzene rings is 2. The number of hydrogen-bond donors (Lipinski definition) is 0. The van der Waals surface area contributed by atoms with Crippen LogP contribution in [0.15, 0.2) is 59.3 Å². The van der Waals surface area contributed by atoms with Gasteiger partial charge in [0.2, 0.25) is 0 Å². The molecule has 0 N–H and O–H groups in total. The summed E-state index contributed by atoms with van der Waals surface area (Å²) in [5.41, 5.74) is 1.78. The Kier molecular flexibility index (Phi) is 6.06. The molecule has 2 aromatic heterocycles. The minimum Gasteiger partial charge on any atom is -0.369 e. The number of aromatic nitrogens is 3. The zero-order valence-electron chi connectivity index (χ0n) is 19.5. The molecule has 3 heterocycles. The SMILES string of the molecule is CN1CCN(c2ccccc2CN(C)c2noc(-c3ccnc4c(C(F)(F)F)cccc34)n2)CC1. The van der Waals surface area contributed by atoms with Crippen molar-refractivity contribution >= 4 is 22.5 Å². The van der Waals surface area contributed by atoms with E-state index in [9.17, 15) is 13.2 Å². The average molecular weight is 483 g/mol. The van der Waals surface area contributed by atoms with Crippen molar-refractivity contribution in [2.24, 2.45) is 0 Å². The molecule has 5 rings (SSSR count). The van der Waals surface area contributed by atoms with Gasteiger partial charge in [0.1, 0.15) is 0 Å². The van der Waals surface area contributed by atoms with E-state index in [1.165, 1.54) is 18.0 Å². The standard InChI is InChI=1S/C25H25F3N6O/c1-32-12-14-34(15-13-32)21-9-4-3-6-17(21)16-33(2)24-30-23(35-31-24)19-10-11-29-22-18(19)7-5-8-20(22)25(26,27)28/h3-11H,12-16H2,1-2H3. The molecule has 0 saturated carbocycles. The van der Waals surface area contributed by atoms with Crippen LogP contribution in [0.4, 0.5) is 24.8 Å². The number of halogens is 3. The van der Waals surface area contributed by atoms with Gasteiger partial charge in [0.25, 0.3) is 11.8 Å². The Hall–Kier alpha value is -3.66. The molecule has 7 nitrogen and oxygen atoms in total. The first kappa shape index (κ1) is 23.1. The molecule has 1 fully saturated rings. The predicted octanol–water partition coefficient (Wildman–Crippen LogP) is 4.69. The number of alkyl halides is 3. The van der Waals surface area contributed by atoms with Gasteiger partial charge in [-0.25, -0.2) is 0 Å². The molecule has 35 heavy (non-hydrogen) atoms. The summed E-state index contributed by atoms with van der Waals surface area (Å²) in [5.74, 6) is 0.496. The molecule has 0 bridgehead atoms. The van der Waals surface area contributed by atoms with Crippen molar-refractivity contribution in [3.8, 4) is 11.5 Å². The van der Waals surface area contributed by atoms with Crippen molar-refractivity contribution in [3.63, 3.8) is 0 Å². The Morgan fingerprint density at radius 2 is 1.77 bits per heavy atom. The smallest absolute Gasteiger partial charge is 0.369 e. The Labute approximate surface area is 200 Å². The molecule has 0 spiro atoms. The number of pyridine rings is 1. The van der Waals surface area contributed by atoms with Crippen LogP contribution in [-0.4, -0.2) is 60.3 Å². The molecular weight excluding hydrogens is 457 g/mol. The maximum atomic E-state index is 13.5. The van der Waals surface area contributed by atoms with Crippen molar-refractivity contribution in [2.45, 2.75) is 12.7 Å². The molecule has 0 aliphatic carbocycles. The number of likely N-dealkylation sites (N-methyl/N-ethyl adjacent to an activating group) is 1. The highest BCUT2D eigenvalue weighted by atomic mass is 19.4. The Balaban J connectivity index is 1.41. The van der Waals surface area contributed by atoms with Gasteiger partial charge in [0, 0.05) is 57.0 Å². The minimum absolute atomic E-state index is 0.144. The van der Waals surface area contributed by atoms with Crippen LogP contribution in [0.1, 0.15) is 11.1 Å². The average Bonchev–Trinajstić information content (AvgIpc) is 3.34. The molecule has 1 aliphatic heterocycles. The topological polar surface area (TPSA) is 61.5 Å². The number of hydrogen-bond acceptors (Lipinski definition) is 7. The van der Waals surface area contributed by atoms with Crippen LogP contribution in [-0.2, 0) is 12.7 Å². The Morgan fingerprint density at radius 1 is 1.00 bits per heavy atom. The van der Waals surface area contributed by atoms with Crippen LogP contribution in [0.3, 0.4) is 0 Å². The monoisotopic (exact) mass is 482 g/mol. The summed E-state index contributed by atoms with van der Waals surface area (Å²) in [4.78, 5) is 15.0. The number of nitrogens with zero attached hydrogens (tertiary/aromatic N) is 6. The van der Waals surface area contributed by atoms with E-state index in [1.54, 1.807) is 12.1 Å². The van der Waals surface area contributed by atoms with Gasteiger partial charge in [0.05, 0.1) is 16.6 Å². The zero-order chi connectivity index (χ0) is 24.6. The van der Waals surface area contributed by atoms with Gasteiger partial charge in [-0.2, -0.15) is 18.2 Å². The first-order valence-electron chi connectivity index (χ1n) is 11.3. The van der Waals surface area contributed by atoms with E-state index in [-0.39, 0.29) is 11.4 Å². The van der Waals surface area contributed by atoms with Gasteiger partial charge in [-0.3, -0.25) is 4.98 Å². The highest BCUT2D eigenvalue weighted by Gasteiger charge is 2.33. The molecule has 4 aromatic rings. The summed E-state index contributed by atoms with van der Waals surface area (Å²) in [5, 5.41) is 4.40. The highest BCUT2D eigenvalue weighted by Crippen LogP contribution is 2.37. The fourth-order valence-electron chi connectivity index (χ4n) is 4.40. The van der Waals surface area contributed by atoms with E-state index in [0.717, 1.165) is 37.8 Å². The summed E-state index contributed by atoms with van der Waals surface area (Å²) in [6.45, 7) is 4.48. The van der Waals surface area contributed by atoms with Crippen molar-refractivity contribution in [1.29, 1.82) is 0 Å². The second-order valence-corrected chi connectivity index (χ2v) is 8.73. The van der Waals surface area contributed by atoms with E-state index in [1.807, 2.05) is 24.1 Å². The summed E-state index contributed by atoms with van der Waals surface area (Å²) in [7, 11) is 3.99. The van der Waals surface area contributed by atoms with Gasteiger partial charge >= 0.3 is 6.18 Å². The van der Waals surface area contributed by atoms with Gasteiger partial charge < -0.3 is 19.2 Å². The van der Waals surface area contributed by atoms with Crippen LogP contribution in [0.5, 0.6) is 0 Å². The third-order valence-electron chi connectivity index (χ3n) is 6.31. The normalized spacial score (nSPS) is 15.1. The molecule has 2 aromatic carbocycles. The number of anilines is 2. The lowest BCUT2D eigenvalue weighted by molar-refractivity contribution is -0.136. The van der Waals surface area contributed by atoms with Crippen molar-refractivity contribution in [3.05, 3.63) is 65.9 Å². The van der Waals surface area contributed by atoms with E-state index >= 15 is 0 Å². The summed E-state index contributed by atoms with van der Waals surface area (Å²) >= 11 is 0. The van der Waals surface area contributed by atoms with Crippen LogP contribution in [0.2, 0.25) is 0 Å². The van der Waals surface area contributed by atoms with Gasteiger partial charge in [-0.15, -0.1) is 0 Å². The second kappa shape index (κ2) is 9.18. The third-order valence-corrected chi connectivity index (χ3v) is 6.31. The predicted molar refractivity (Wildman–Crippen MR) is 128 cm³/mol. The number of fused-ring (bicyclic) bond motifs is 1. The molecule has 0 unspecified atom stereocenters. The van der Waals surface area contributed by atoms with Crippen LogP contribution in [0, 0.1) is 0 Å². The van der Waals surface area contributed by atoms with Gasteiger partial charge in [-0.1, -0.05) is 30.3 Å². The largest absolute Gasteiger partial charge is 0.418 e. The molecule has 1 saturated heterocycles.